The van der Waals surface area contributed by atoms with E-state index in [1.165, 1.54) is 5.57 Å². The molecule has 0 amide bonds. The third-order valence-corrected chi connectivity index (χ3v) is 3.61. The highest BCUT2D eigenvalue weighted by Gasteiger charge is 2.08. The summed E-state index contributed by atoms with van der Waals surface area (Å²) in [5, 5.41) is 4.81. The number of pyridine rings is 1. The van der Waals surface area contributed by atoms with Gasteiger partial charge in [-0.2, -0.15) is 0 Å². The van der Waals surface area contributed by atoms with Crippen LogP contribution in [-0.4, -0.2) is 11.6 Å². The Morgan fingerprint density at radius 3 is 3.00 bits per heavy atom. The van der Waals surface area contributed by atoms with Crippen molar-refractivity contribution in [3.63, 3.8) is 0 Å². The van der Waals surface area contributed by atoms with Gasteiger partial charge in [0.25, 0.3) is 0 Å². The van der Waals surface area contributed by atoms with E-state index in [1.54, 1.807) is 18.5 Å². The summed E-state index contributed by atoms with van der Waals surface area (Å²) in [5.41, 5.74) is 2.75. The minimum Gasteiger partial charge on any atom is -0.488 e. The van der Waals surface area contributed by atoms with Gasteiger partial charge in [-0.1, -0.05) is 17.2 Å². The number of allylic oxidation sites excluding steroid dienone is 1. The van der Waals surface area contributed by atoms with Crippen LogP contribution in [0.4, 0.5) is 11.5 Å². The van der Waals surface area contributed by atoms with Crippen LogP contribution in [0.2, 0.25) is 5.02 Å². The monoisotopic (exact) mass is 328 g/mol. The molecule has 0 saturated heterocycles. The third-order valence-electron chi connectivity index (χ3n) is 3.29. The van der Waals surface area contributed by atoms with Crippen molar-refractivity contribution in [1.82, 2.24) is 4.98 Å². The Hall–Kier alpha value is -2.46. The van der Waals surface area contributed by atoms with E-state index < -0.39 is 0 Å². The highest BCUT2D eigenvalue weighted by atomic mass is 35.5. The molecular weight excluding hydrogens is 312 g/mol. The number of aromatic nitrogens is 1. The summed E-state index contributed by atoms with van der Waals surface area (Å²) >= 11 is 6.18. The first kappa shape index (κ1) is 15.4. The van der Waals surface area contributed by atoms with E-state index in [-0.39, 0.29) is 0 Å². The normalized spacial score (nSPS) is 10.6. The maximum atomic E-state index is 6.18. The molecule has 5 heteroatoms. The summed E-state index contributed by atoms with van der Waals surface area (Å²) in [6.07, 6.45) is 5.39. The van der Waals surface area contributed by atoms with Crippen LogP contribution < -0.4 is 10.1 Å². The fourth-order valence-corrected chi connectivity index (χ4v) is 2.28. The molecule has 3 rings (SSSR count). The van der Waals surface area contributed by atoms with Crippen molar-refractivity contribution < 1.29 is 9.15 Å². The molecule has 2 aromatic heterocycles. The molecule has 0 atom stereocenters. The highest BCUT2D eigenvalue weighted by Crippen LogP contribution is 2.31. The van der Waals surface area contributed by atoms with Gasteiger partial charge < -0.3 is 14.5 Å². The number of nitrogens with one attached hydrogen (secondary N) is 1. The molecule has 0 saturated carbocycles. The Balaban J connectivity index is 1.83. The highest BCUT2D eigenvalue weighted by molar-refractivity contribution is 6.32. The lowest BCUT2D eigenvalue weighted by atomic mass is 10.2. The van der Waals surface area contributed by atoms with Crippen molar-refractivity contribution in [3.8, 4) is 5.75 Å². The van der Waals surface area contributed by atoms with E-state index in [2.05, 4.69) is 10.3 Å². The van der Waals surface area contributed by atoms with Gasteiger partial charge >= 0.3 is 0 Å². The largest absolute Gasteiger partial charge is 0.488 e. The first-order valence-corrected chi connectivity index (χ1v) is 7.66. The summed E-state index contributed by atoms with van der Waals surface area (Å²) < 4.78 is 11.2. The minimum absolute atomic E-state index is 0.484. The molecular formula is C18H17ClN2O2. The van der Waals surface area contributed by atoms with Crippen LogP contribution in [-0.2, 0) is 0 Å². The number of rotatable bonds is 5. The van der Waals surface area contributed by atoms with Gasteiger partial charge in [-0.15, -0.1) is 0 Å². The van der Waals surface area contributed by atoms with Crippen molar-refractivity contribution in [1.29, 1.82) is 0 Å². The van der Waals surface area contributed by atoms with Crippen molar-refractivity contribution in [3.05, 3.63) is 59.5 Å². The standard InChI is InChI=1S/C18H17ClN2O2/c1-12(2)6-9-22-16-11-14(3-4-15(16)19)21-18-17-13(5-8-20-18)7-10-23-17/h3-8,10-11H,9H2,1-2H3,(H,20,21). The van der Waals surface area contributed by atoms with Gasteiger partial charge in [-0.25, -0.2) is 4.98 Å². The molecule has 0 unspecified atom stereocenters. The maximum absolute atomic E-state index is 6.18. The Morgan fingerprint density at radius 2 is 2.17 bits per heavy atom. The second-order valence-electron chi connectivity index (χ2n) is 5.36. The summed E-state index contributed by atoms with van der Waals surface area (Å²) in [5.74, 6) is 1.28. The molecule has 0 radical (unpaired) electrons. The number of halogens is 1. The number of hydrogen-bond acceptors (Lipinski definition) is 4. The molecule has 0 aliphatic rings. The smallest absolute Gasteiger partial charge is 0.176 e. The first-order valence-electron chi connectivity index (χ1n) is 7.28. The van der Waals surface area contributed by atoms with Crippen LogP contribution in [0.3, 0.4) is 0 Å². The fourth-order valence-electron chi connectivity index (χ4n) is 2.11. The van der Waals surface area contributed by atoms with Gasteiger partial charge in [0.1, 0.15) is 12.4 Å². The topological polar surface area (TPSA) is 47.3 Å². The SMILES string of the molecule is CC(C)=CCOc1cc(Nc2nccc3ccoc23)ccc1Cl. The zero-order valence-electron chi connectivity index (χ0n) is 13.0. The van der Waals surface area contributed by atoms with Crippen LogP contribution in [0.25, 0.3) is 11.0 Å². The summed E-state index contributed by atoms with van der Waals surface area (Å²) in [4.78, 5) is 4.32. The number of anilines is 2. The van der Waals surface area contributed by atoms with E-state index >= 15 is 0 Å². The molecule has 3 aromatic rings. The van der Waals surface area contributed by atoms with Crippen LogP contribution in [0.1, 0.15) is 13.8 Å². The first-order chi connectivity index (χ1) is 11.1. The van der Waals surface area contributed by atoms with Gasteiger partial charge in [-0.05, 0) is 44.2 Å². The Kier molecular flexibility index (Phi) is 4.53. The van der Waals surface area contributed by atoms with Gasteiger partial charge in [-0.3, -0.25) is 0 Å². The number of benzene rings is 1. The zero-order chi connectivity index (χ0) is 16.2. The van der Waals surface area contributed by atoms with Crippen molar-refractivity contribution in [2.24, 2.45) is 0 Å². The fraction of sp³-hybridized carbons (Fsp3) is 0.167. The molecule has 0 spiro atoms. The van der Waals surface area contributed by atoms with Crippen molar-refractivity contribution >= 4 is 34.1 Å². The lowest BCUT2D eigenvalue weighted by molar-refractivity contribution is 0.362. The van der Waals surface area contributed by atoms with Crippen LogP contribution >= 0.6 is 11.6 Å². The van der Waals surface area contributed by atoms with Crippen LogP contribution in [0.15, 0.2) is 58.9 Å². The Bertz CT molecular complexity index is 851. The Morgan fingerprint density at radius 1 is 1.30 bits per heavy atom. The van der Waals surface area contributed by atoms with Gasteiger partial charge in [0.2, 0.25) is 0 Å². The molecule has 0 fully saturated rings. The predicted octanol–water partition coefficient (Wildman–Crippen LogP) is 5.57. The van der Waals surface area contributed by atoms with Crippen LogP contribution in [0.5, 0.6) is 5.75 Å². The molecule has 23 heavy (non-hydrogen) atoms. The average molecular weight is 329 g/mol. The number of ether oxygens (including phenoxy) is 1. The lowest BCUT2D eigenvalue weighted by Gasteiger charge is -2.10. The molecule has 0 bridgehead atoms. The number of hydrogen-bond donors (Lipinski definition) is 1. The predicted molar refractivity (Wildman–Crippen MR) is 93.7 cm³/mol. The van der Waals surface area contributed by atoms with Crippen molar-refractivity contribution in [2.45, 2.75) is 13.8 Å². The number of furan rings is 1. The van der Waals surface area contributed by atoms with Crippen molar-refractivity contribution in [2.75, 3.05) is 11.9 Å². The van der Waals surface area contributed by atoms with Gasteiger partial charge in [0.05, 0.1) is 11.3 Å². The van der Waals surface area contributed by atoms with Gasteiger partial charge in [0, 0.05) is 23.3 Å². The molecule has 0 aliphatic carbocycles. The van der Waals surface area contributed by atoms with E-state index in [1.807, 2.05) is 44.2 Å². The molecule has 2 heterocycles. The second kappa shape index (κ2) is 6.75. The van der Waals surface area contributed by atoms with E-state index in [0.29, 0.717) is 23.2 Å². The summed E-state index contributed by atoms with van der Waals surface area (Å²) in [6, 6.07) is 9.33. The second-order valence-corrected chi connectivity index (χ2v) is 5.77. The maximum Gasteiger partial charge on any atom is 0.176 e. The molecule has 0 aliphatic heterocycles. The number of fused-ring (bicyclic) bond motifs is 1. The zero-order valence-corrected chi connectivity index (χ0v) is 13.7. The van der Waals surface area contributed by atoms with E-state index in [4.69, 9.17) is 20.8 Å². The summed E-state index contributed by atoms with van der Waals surface area (Å²) in [6.45, 7) is 4.54. The quantitative estimate of drug-likeness (QED) is 0.622. The molecule has 1 N–H and O–H groups in total. The molecule has 4 nitrogen and oxygen atoms in total. The lowest BCUT2D eigenvalue weighted by Crippen LogP contribution is -1.97. The average Bonchev–Trinajstić information content (AvgIpc) is 2.99. The Labute approximate surface area is 139 Å². The third kappa shape index (κ3) is 3.66. The van der Waals surface area contributed by atoms with Gasteiger partial charge in [0.15, 0.2) is 11.4 Å². The molecule has 118 valence electrons. The van der Waals surface area contributed by atoms with E-state index in [0.717, 1.165) is 16.7 Å². The summed E-state index contributed by atoms with van der Waals surface area (Å²) in [7, 11) is 0. The van der Waals surface area contributed by atoms with E-state index in [9.17, 15) is 0 Å². The van der Waals surface area contributed by atoms with Crippen LogP contribution in [0, 0.1) is 0 Å². The molecule has 1 aromatic carbocycles. The number of nitrogens with zero attached hydrogens (tertiary/aromatic N) is 1. The minimum atomic E-state index is 0.484.